The van der Waals surface area contributed by atoms with Crippen molar-refractivity contribution in [2.24, 2.45) is 13.0 Å². The average Bonchev–Trinajstić information content (AvgIpc) is 2.90. The Morgan fingerprint density at radius 1 is 1.39 bits per heavy atom. The van der Waals surface area contributed by atoms with Crippen molar-refractivity contribution in [2.75, 3.05) is 0 Å². The number of hydrogen-bond acceptors (Lipinski definition) is 1. The van der Waals surface area contributed by atoms with Crippen LogP contribution in [0.2, 0.25) is 0 Å². The van der Waals surface area contributed by atoms with Gasteiger partial charge in [0.25, 0.3) is 5.91 Å². The Labute approximate surface area is 143 Å². The molecule has 2 N–H and O–H groups in total. The molecule has 1 saturated carbocycles. The van der Waals surface area contributed by atoms with Crippen LogP contribution < -0.4 is 5.32 Å². The zero-order valence-electron chi connectivity index (χ0n) is 13.1. The van der Waals surface area contributed by atoms with Crippen molar-refractivity contribution < 1.29 is 4.79 Å². The highest BCUT2D eigenvalue weighted by molar-refractivity contribution is 9.10. The smallest absolute Gasteiger partial charge is 0.268 e. The zero-order valence-corrected chi connectivity index (χ0v) is 14.6. The van der Waals surface area contributed by atoms with Crippen LogP contribution in [0.1, 0.15) is 29.4 Å². The van der Waals surface area contributed by atoms with E-state index in [-0.39, 0.29) is 11.4 Å². The summed E-state index contributed by atoms with van der Waals surface area (Å²) in [6.07, 6.45) is 5.09. The number of benzene rings is 1. The van der Waals surface area contributed by atoms with Gasteiger partial charge in [0.2, 0.25) is 0 Å². The van der Waals surface area contributed by atoms with Crippen LogP contribution in [0.25, 0.3) is 10.9 Å². The Morgan fingerprint density at radius 2 is 2.17 bits per heavy atom. The van der Waals surface area contributed by atoms with Gasteiger partial charge in [-0.05, 0) is 48.2 Å². The predicted molar refractivity (Wildman–Crippen MR) is 94.3 cm³/mol. The van der Waals surface area contributed by atoms with E-state index in [1.165, 1.54) is 5.56 Å². The molecule has 0 radical (unpaired) electrons. The SMILES string of the molecule is C[C@H]1C[C@@]1(NC(=O)c1cc2cc(Br)ccc2[nH]1)c1ccn(C)c1. The van der Waals surface area contributed by atoms with E-state index in [2.05, 4.69) is 45.4 Å². The first-order valence-electron chi connectivity index (χ1n) is 7.71. The number of H-pyrrole nitrogens is 1. The number of nitrogens with zero attached hydrogens (tertiary/aromatic N) is 1. The maximum atomic E-state index is 12.7. The van der Waals surface area contributed by atoms with Crippen molar-refractivity contribution in [1.82, 2.24) is 14.9 Å². The number of hydrogen-bond donors (Lipinski definition) is 2. The Hall–Kier alpha value is -2.01. The van der Waals surface area contributed by atoms with Crippen LogP contribution in [-0.2, 0) is 12.6 Å². The van der Waals surface area contributed by atoms with E-state index in [0.717, 1.165) is 21.8 Å². The molecule has 4 nitrogen and oxygen atoms in total. The molecule has 1 aromatic carbocycles. The summed E-state index contributed by atoms with van der Waals surface area (Å²) in [6, 6.07) is 9.94. The number of halogens is 1. The first-order valence-corrected chi connectivity index (χ1v) is 8.50. The van der Waals surface area contributed by atoms with Crippen molar-refractivity contribution in [1.29, 1.82) is 0 Å². The first-order chi connectivity index (χ1) is 11.0. The van der Waals surface area contributed by atoms with Crippen molar-refractivity contribution in [2.45, 2.75) is 18.9 Å². The molecule has 118 valence electrons. The van der Waals surface area contributed by atoms with Crippen molar-refractivity contribution in [3.63, 3.8) is 0 Å². The lowest BCUT2D eigenvalue weighted by atomic mass is 10.1. The summed E-state index contributed by atoms with van der Waals surface area (Å²) in [4.78, 5) is 15.9. The third kappa shape index (κ3) is 2.39. The lowest BCUT2D eigenvalue weighted by molar-refractivity contribution is 0.0923. The molecular formula is C18H18BrN3O. The van der Waals surface area contributed by atoms with E-state index < -0.39 is 0 Å². The van der Waals surface area contributed by atoms with Crippen LogP contribution in [0, 0.1) is 5.92 Å². The van der Waals surface area contributed by atoms with Crippen molar-refractivity contribution in [3.8, 4) is 0 Å². The molecule has 4 rings (SSSR count). The van der Waals surface area contributed by atoms with Gasteiger partial charge in [-0.15, -0.1) is 0 Å². The maximum absolute atomic E-state index is 12.7. The molecule has 23 heavy (non-hydrogen) atoms. The number of carbonyl (C=O) groups is 1. The van der Waals surface area contributed by atoms with Gasteiger partial charge in [-0.25, -0.2) is 0 Å². The van der Waals surface area contributed by atoms with Gasteiger partial charge in [0.15, 0.2) is 0 Å². The summed E-state index contributed by atoms with van der Waals surface area (Å²) < 4.78 is 3.03. The van der Waals surface area contributed by atoms with Crippen LogP contribution >= 0.6 is 15.9 Å². The number of carbonyl (C=O) groups excluding carboxylic acids is 1. The molecule has 1 amide bonds. The maximum Gasteiger partial charge on any atom is 0.268 e. The first kappa shape index (κ1) is 14.6. The van der Waals surface area contributed by atoms with Gasteiger partial charge in [0.05, 0.1) is 5.54 Å². The van der Waals surface area contributed by atoms with Gasteiger partial charge in [-0.2, -0.15) is 0 Å². The molecule has 0 bridgehead atoms. The molecule has 1 aliphatic carbocycles. The molecule has 2 atom stereocenters. The third-order valence-corrected chi connectivity index (χ3v) is 5.31. The Balaban J connectivity index is 1.63. The number of aromatic amines is 1. The summed E-state index contributed by atoms with van der Waals surface area (Å²) in [6.45, 7) is 2.18. The second kappa shape index (κ2) is 4.99. The quantitative estimate of drug-likeness (QED) is 0.719. The van der Waals surface area contributed by atoms with Crippen LogP contribution in [0.3, 0.4) is 0 Å². The van der Waals surface area contributed by atoms with E-state index >= 15 is 0 Å². The van der Waals surface area contributed by atoms with Crippen molar-refractivity contribution in [3.05, 3.63) is 58.5 Å². The topological polar surface area (TPSA) is 49.8 Å². The normalized spacial score (nSPS) is 23.2. The summed E-state index contributed by atoms with van der Waals surface area (Å²) >= 11 is 3.46. The molecule has 5 heteroatoms. The van der Waals surface area contributed by atoms with Crippen LogP contribution in [0.15, 0.2) is 47.2 Å². The molecule has 0 saturated heterocycles. The molecule has 0 unspecified atom stereocenters. The highest BCUT2D eigenvalue weighted by Gasteiger charge is 2.54. The molecule has 2 aromatic heterocycles. The molecule has 0 aliphatic heterocycles. The van der Waals surface area contributed by atoms with Crippen LogP contribution in [0.4, 0.5) is 0 Å². The Bertz CT molecular complexity index is 910. The van der Waals surface area contributed by atoms with Gasteiger partial charge in [-0.3, -0.25) is 4.79 Å². The minimum absolute atomic E-state index is 0.0504. The number of aryl methyl sites for hydroxylation is 1. The lowest BCUT2D eigenvalue weighted by Gasteiger charge is -2.17. The van der Waals surface area contributed by atoms with Crippen LogP contribution in [-0.4, -0.2) is 15.5 Å². The second-order valence-electron chi connectivity index (χ2n) is 6.51. The monoisotopic (exact) mass is 371 g/mol. The van der Waals surface area contributed by atoms with E-state index in [1.807, 2.05) is 42.1 Å². The number of amides is 1. The highest BCUT2D eigenvalue weighted by atomic mass is 79.9. The molecular weight excluding hydrogens is 354 g/mol. The fourth-order valence-electron chi connectivity index (χ4n) is 3.34. The van der Waals surface area contributed by atoms with E-state index in [9.17, 15) is 4.79 Å². The lowest BCUT2D eigenvalue weighted by Crippen LogP contribution is -2.36. The minimum Gasteiger partial charge on any atom is -0.357 e. The number of rotatable bonds is 3. The molecule has 2 heterocycles. The number of nitrogens with one attached hydrogen (secondary N) is 2. The summed E-state index contributed by atoms with van der Waals surface area (Å²) in [7, 11) is 2.00. The molecule has 3 aromatic rings. The van der Waals surface area contributed by atoms with Crippen molar-refractivity contribution >= 4 is 32.7 Å². The van der Waals surface area contributed by atoms with Gasteiger partial charge in [-0.1, -0.05) is 22.9 Å². The van der Waals surface area contributed by atoms with E-state index in [0.29, 0.717) is 11.6 Å². The van der Waals surface area contributed by atoms with Gasteiger partial charge >= 0.3 is 0 Å². The number of fused-ring (bicyclic) bond motifs is 1. The fourth-order valence-corrected chi connectivity index (χ4v) is 3.71. The molecule has 1 aliphatic rings. The van der Waals surface area contributed by atoms with Crippen LogP contribution in [0.5, 0.6) is 0 Å². The van der Waals surface area contributed by atoms with Gasteiger partial charge in [0.1, 0.15) is 5.69 Å². The fraction of sp³-hybridized carbons (Fsp3) is 0.278. The third-order valence-electron chi connectivity index (χ3n) is 4.82. The Kier molecular flexibility index (Phi) is 3.17. The predicted octanol–water partition coefficient (Wildman–Crippen LogP) is 3.93. The largest absolute Gasteiger partial charge is 0.357 e. The Morgan fingerprint density at radius 3 is 2.83 bits per heavy atom. The number of aromatic nitrogens is 2. The molecule has 0 spiro atoms. The average molecular weight is 372 g/mol. The second-order valence-corrected chi connectivity index (χ2v) is 7.43. The van der Waals surface area contributed by atoms with Gasteiger partial charge in [0, 0.05) is 34.8 Å². The van der Waals surface area contributed by atoms with Gasteiger partial charge < -0.3 is 14.9 Å². The molecule has 1 fully saturated rings. The standard InChI is InChI=1S/C18H18BrN3O/c1-11-9-18(11,13-5-6-22(2)10-13)21-17(23)16-8-12-7-14(19)3-4-15(12)20-16/h3-8,10-11,20H,9H2,1-2H3,(H,21,23)/t11-,18-/m0/s1. The summed E-state index contributed by atoms with van der Waals surface area (Å²) in [5, 5.41) is 4.27. The van der Waals surface area contributed by atoms with E-state index in [1.54, 1.807) is 0 Å². The minimum atomic E-state index is -0.226. The highest BCUT2D eigenvalue weighted by Crippen LogP contribution is 2.51. The zero-order chi connectivity index (χ0) is 16.2. The van der Waals surface area contributed by atoms with E-state index in [4.69, 9.17) is 0 Å². The summed E-state index contributed by atoms with van der Waals surface area (Å²) in [5.74, 6) is 0.401. The summed E-state index contributed by atoms with van der Waals surface area (Å²) in [5.41, 5.74) is 2.53.